The van der Waals surface area contributed by atoms with Gasteiger partial charge in [-0.15, -0.1) is 11.8 Å². The van der Waals surface area contributed by atoms with Crippen molar-refractivity contribution in [3.63, 3.8) is 0 Å². The lowest BCUT2D eigenvalue weighted by molar-refractivity contribution is -0.138. The highest BCUT2D eigenvalue weighted by molar-refractivity contribution is 8.00. The highest BCUT2D eigenvalue weighted by atomic mass is 32.2. The number of hydrogen-bond donors (Lipinski definition) is 1. The van der Waals surface area contributed by atoms with Gasteiger partial charge in [-0.1, -0.05) is 18.2 Å². The molecule has 0 radical (unpaired) electrons. The Morgan fingerprint density at radius 1 is 1.14 bits per heavy atom. The van der Waals surface area contributed by atoms with Crippen LogP contribution in [0.15, 0.2) is 48.5 Å². The molecule has 4 rings (SSSR count). The number of halogens is 4. The molecule has 0 saturated carbocycles. The van der Waals surface area contributed by atoms with Gasteiger partial charge in [-0.3, -0.25) is 4.79 Å². The molecule has 1 atom stereocenters. The van der Waals surface area contributed by atoms with E-state index in [1.54, 1.807) is 13.0 Å². The minimum atomic E-state index is -4.53. The van der Waals surface area contributed by atoms with Crippen molar-refractivity contribution in [1.82, 2.24) is 9.78 Å². The van der Waals surface area contributed by atoms with Gasteiger partial charge < -0.3 is 5.32 Å². The van der Waals surface area contributed by atoms with Gasteiger partial charge in [0.1, 0.15) is 11.6 Å². The van der Waals surface area contributed by atoms with Crippen LogP contribution in [0.25, 0.3) is 5.69 Å². The monoisotopic (exact) mass is 421 g/mol. The lowest BCUT2D eigenvalue weighted by Crippen LogP contribution is -2.15. The Bertz CT molecular complexity index is 1080. The second-order valence-electron chi connectivity index (χ2n) is 6.56. The third-order valence-electron chi connectivity index (χ3n) is 4.63. The molecule has 0 aliphatic carbocycles. The molecule has 1 amide bonds. The Hall–Kier alpha value is -2.81. The predicted octanol–water partition coefficient (Wildman–Crippen LogP) is 5.11. The number of fused-ring (bicyclic) bond motifs is 1. The van der Waals surface area contributed by atoms with Crippen LogP contribution in [0.4, 0.5) is 23.4 Å². The van der Waals surface area contributed by atoms with E-state index in [4.69, 9.17) is 0 Å². The number of carbonyl (C=O) groups is 1. The van der Waals surface area contributed by atoms with Crippen molar-refractivity contribution in [2.24, 2.45) is 0 Å². The predicted molar refractivity (Wildman–Crippen MR) is 103 cm³/mol. The van der Waals surface area contributed by atoms with Gasteiger partial charge in [-0.2, -0.15) is 18.3 Å². The van der Waals surface area contributed by atoms with Gasteiger partial charge in [-0.25, -0.2) is 9.07 Å². The van der Waals surface area contributed by atoms with Gasteiger partial charge in [0.05, 0.1) is 27.9 Å². The van der Waals surface area contributed by atoms with Crippen molar-refractivity contribution in [3.05, 3.63) is 76.7 Å². The highest BCUT2D eigenvalue weighted by Gasteiger charge is 2.38. The third-order valence-corrected chi connectivity index (χ3v) is 5.88. The Morgan fingerprint density at radius 2 is 1.83 bits per heavy atom. The summed E-state index contributed by atoms with van der Waals surface area (Å²) >= 11 is 1.12. The fourth-order valence-electron chi connectivity index (χ4n) is 3.38. The van der Waals surface area contributed by atoms with Crippen LogP contribution < -0.4 is 5.32 Å². The molecular formula is C20H15F4N3OS. The summed E-state index contributed by atoms with van der Waals surface area (Å²) in [5.41, 5.74) is 0.810. The second-order valence-corrected chi connectivity index (χ2v) is 7.65. The van der Waals surface area contributed by atoms with Crippen LogP contribution in [0.3, 0.4) is 0 Å². The molecule has 1 aliphatic rings. The second kappa shape index (κ2) is 7.22. The number of benzene rings is 2. The zero-order valence-electron chi connectivity index (χ0n) is 15.1. The largest absolute Gasteiger partial charge is 0.416 e. The van der Waals surface area contributed by atoms with E-state index in [0.717, 1.165) is 17.8 Å². The minimum absolute atomic E-state index is 0.00556. The highest BCUT2D eigenvalue weighted by Crippen LogP contribution is 2.47. The van der Waals surface area contributed by atoms with Gasteiger partial charge >= 0.3 is 6.18 Å². The van der Waals surface area contributed by atoms with E-state index in [1.807, 2.05) is 0 Å². The topological polar surface area (TPSA) is 46.9 Å². The molecule has 29 heavy (non-hydrogen) atoms. The van der Waals surface area contributed by atoms with Crippen molar-refractivity contribution in [2.75, 3.05) is 11.1 Å². The fourth-order valence-corrected chi connectivity index (χ4v) is 4.61. The normalized spacial score (nSPS) is 16.9. The van der Waals surface area contributed by atoms with Crippen molar-refractivity contribution in [3.8, 4) is 5.69 Å². The molecule has 0 bridgehead atoms. The molecule has 0 fully saturated rings. The summed E-state index contributed by atoms with van der Waals surface area (Å²) in [6.45, 7) is 1.68. The molecule has 2 heterocycles. The molecule has 0 saturated heterocycles. The van der Waals surface area contributed by atoms with Crippen LogP contribution in [0.5, 0.6) is 0 Å². The summed E-state index contributed by atoms with van der Waals surface area (Å²) < 4.78 is 55.6. The van der Waals surface area contributed by atoms with Gasteiger partial charge in [-0.05, 0) is 42.8 Å². The quantitative estimate of drug-likeness (QED) is 0.585. The summed E-state index contributed by atoms with van der Waals surface area (Å²) in [7, 11) is 0. The first-order valence-electron chi connectivity index (χ1n) is 8.68. The van der Waals surface area contributed by atoms with Crippen molar-refractivity contribution < 1.29 is 22.4 Å². The minimum Gasteiger partial charge on any atom is -0.310 e. The molecule has 1 N–H and O–H groups in total. The Balaban J connectivity index is 1.92. The lowest BCUT2D eigenvalue weighted by Gasteiger charge is -2.20. The molecule has 9 heteroatoms. The van der Waals surface area contributed by atoms with Crippen LogP contribution in [0.2, 0.25) is 0 Å². The fraction of sp³-hybridized carbons (Fsp3) is 0.200. The maximum absolute atomic E-state index is 13.6. The average Bonchev–Trinajstić information content (AvgIpc) is 2.88. The van der Waals surface area contributed by atoms with Crippen molar-refractivity contribution in [2.45, 2.75) is 18.3 Å². The number of aryl methyl sites for hydroxylation is 1. The number of anilines is 1. The third kappa shape index (κ3) is 3.62. The van der Waals surface area contributed by atoms with Crippen LogP contribution >= 0.6 is 11.8 Å². The molecule has 1 aromatic heterocycles. The van der Waals surface area contributed by atoms with Gasteiger partial charge in [0, 0.05) is 5.56 Å². The summed E-state index contributed by atoms with van der Waals surface area (Å²) in [4.78, 5) is 12.3. The number of aromatic nitrogens is 2. The molecule has 3 aromatic rings. The maximum Gasteiger partial charge on any atom is 0.416 e. The van der Waals surface area contributed by atoms with Gasteiger partial charge in [0.15, 0.2) is 0 Å². The van der Waals surface area contributed by atoms with E-state index in [2.05, 4.69) is 10.4 Å². The first-order valence-corrected chi connectivity index (χ1v) is 9.73. The molecule has 0 spiro atoms. The number of rotatable bonds is 2. The van der Waals surface area contributed by atoms with Crippen LogP contribution in [0.1, 0.15) is 27.6 Å². The Kier molecular flexibility index (Phi) is 4.85. The number of nitrogens with zero attached hydrogens (tertiary/aromatic N) is 2. The van der Waals surface area contributed by atoms with E-state index < -0.39 is 22.8 Å². The summed E-state index contributed by atoms with van der Waals surface area (Å²) in [6.07, 6.45) is -4.53. The van der Waals surface area contributed by atoms with Gasteiger partial charge in [0.25, 0.3) is 0 Å². The van der Waals surface area contributed by atoms with E-state index in [9.17, 15) is 22.4 Å². The lowest BCUT2D eigenvalue weighted by atomic mass is 9.98. The van der Waals surface area contributed by atoms with E-state index in [0.29, 0.717) is 22.8 Å². The van der Waals surface area contributed by atoms with Crippen molar-refractivity contribution in [1.29, 1.82) is 0 Å². The number of thioether (sulfide) groups is 1. The summed E-state index contributed by atoms with van der Waals surface area (Å²) in [6, 6.07) is 10.8. The summed E-state index contributed by atoms with van der Waals surface area (Å²) in [5, 5.41) is 6.43. The Morgan fingerprint density at radius 3 is 2.52 bits per heavy atom. The first kappa shape index (κ1) is 19.5. The average molecular weight is 421 g/mol. The number of carbonyl (C=O) groups excluding carboxylic acids is 1. The van der Waals surface area contributed by atoms with Crippen molar-refractivity contribution >= 4 is 23.5 Å². The molecular weight excluding hydrogens is 406 g/mol. The zero-order chi connectivity index (χ0) is 20.8. The summed E-state index contributed by atoms with van der Waals surface area (Å²) in [5.74, 6) is -0.480. The number of hydrogen-bond acceptors (Lipinski definition) is 3. The van der Waals surface area contributed by atoms with Gasteiger partial charge in [0.2, 0.25) is 5.91 Å². The van der Waals surface area contributed by atoms with E-state index in [1.165, 1.54) is 41.1 Å². The van der Waals surface area contributed by atoms with Crippen LogP contribution in [-0.2, 0) is 11.0 Å². The first-order chi connectivity index (χ1) is 13.8. The van der Waals surface area contributed by atoms with Crippen LogP contribution in [-0.4, -0.2) is 21.4 Å². The smallest absolute Gasteiger partial charge is 0.310 e. The zero-order valence-corrected chi connectivity index (χ0v) is 15.9. The standard InChI is InChI=1S/C20H15F4N3OS/c1-11-17-18(14-4-2-3-5-15(14)20(22,23)24)29-10-16(28)25-19(17)27(26-11)13-8-6-12(21)7-9-13/h2-9,18H,10H2,1H3,(H,25,28)/t18-/m1/s1. The molecule has 1 aliphatic heterocycles. The molecule has 2 aromatic carbocycles. The van der Waals surface area contributed by atoms with E-state index in [-0.39, 0.29) is 17.2 Å². The molecule has 0 unspecified atom stereocenters. The molecule has 4 nitrogen and oxygen atoms in total. The SMILES string of the molecule is Cc1nn(-c2ccc(F)cc2)c2c1[C@@H](c1ccccc1C(F)(F)F)SCC(=O)N2. The number of nitrogens with one attached hydrogen (secondary N) is 1. The van der Waals surface area contributed by atoms with Crippen LogP contribution in [0, 0.1) is 12.7 Å². The number of amides is 1. The maximum atomic E-state index is 13.6. The van der Waals surface area contributed by atoms with E-state index >= 15 is 0 Å². The molecule has 150 valence electrons. The number of alkyl halides is 3. The Labute approximate surface area is 167 Å².